The maximum Gasteiger partial charge on any atom is 0.221 e. The molecule has 1 heterocycles. The number of fused-ring (bicyclic) bond motifs is 1. The monoisotopic (exact) mass is 351 g/mol. The molecule has 1 amide bonds. The third-order valence-electron chi connectivity index (χ3n) is 5.28. The molecular weight excluding hydrogens is 326 g/mol. The molecule has 2 aliphatic rings. The van der Waals surface area contributed by atoms with E-state index in [-0.39, 0.29) is 18.1 Å². The summed E-state index contributed by atoms with van der Waals surface area (Å²) < 4.78 is 6.45. The molecule has 1 unspecified atom stereocenters. The first kappa shape index (κ1) is 17.1. The minimum Gasteiger partial charge on any atom is -0.484 e. The van der Waals surface area contributed by atoms with Crippen molar-refractivity contribution in [3.05, 3.63) is 59.7 Å². The summed E-state index contributed by atoms with van der Waals surface area (Å²) in [4.78, 5) is 13.8. The molecule has 5 nitrogen and oxygen atoms in total. The fraction of sp³-hybridized carbons (Fsp3) is 0.381. The number of nitrogens with two attached hydrogens (primary N) is 1. The van der Waals surface area contributed by atoms with Gasteiger partial charge in [0.25, 0.3) is 0 Å². The van der Waals surface area contributed by atoms with Crippen molar-refractivity contribution in [3.8, 4) is 5.75 Å². The zero-order chi connectivity index (χ0) is 18.1. The molecule has 1 aliphatic carbocycles. The molecule has 3 atom stereocenters. The van der Waals surface area contributed by atoms with Crippen LogP contribution in [-0.2, 0) is 11.2 Å². The molecule has 2 aromatic carbocycles. The van der Waals surface area contributed by atoms with Gasteiger partial charge < -0.3 is 15.8 Å². The SMILES string of the molecule is CC(=O)Nc1cccc(O[C@@H]2c3ccccc3C[C@H]2N2CCC(N)C2)c1. The van der Waals surface area contributed by atoms with Gasteiger partial charge in [-0.25, -0.2) is 0 Å². The molecule has 0 aromatic heterocycles. The summed E-state index contributed by atoms with van der Waals surface area (Å²) >= 11 is 0. The van der Waals surface area contributed by atoms with Gasteiger partial charge in [0.2, 0.25) is 5.91 Å². The Morgan fingerprint density at radius 3 is 2.85 bits per heavy atom. The number of hydrogen-bond donors (Lipinski definition) is 2. The predicted octanol–water partition coefficient (Wildman–Crippen LogP) is 2.72. The van der Waals surface area contributed by atoms with Crippen LogP contribution in [0.15, 0.2) is 48.5 Å². The quantitative estimate of drug-likeness (QED) is 0.889. The summed E-state index contributed by atoms with van der Waals surface area (Å²) in [7, 11) is 0. The van der Waals surface area contributed by atoms with Crippen molar-refractivity contribution in [2.75, 3.05) is 18.4 Å². The van der Waals surface area contributed by atoms with Crippen LogP contribution in [0.2, 0.25) is 0 Å². The number of benzene rings is 2. The third-order valence-corrected chi connectivity index (χ3v) is 5.28. The van der Waals surface area contributed by atoms with Gasteiger partial charge in [-0.3, -0.25) is 9.69 Å². The molecule has 5 heteroatoms. The van der Waals surface area contributed by atoms with Crippen molar-refractivity contribution in [2.24, 2.45) is 5.73 Å². The van der Waals surface area contributed by atoms with Crippen molar-refractivity contribution in [1.29, 1.82) is 0 Å². The fourth-order valence-corrected chi connectivity index (χ4v) is 4.11. The normalized spacial score (nSPS) is 25.1. The lowest BCUT2D eigenvalue weighted by Crippen LogP contribution is -2.40. The number of likely N-dealkylation sites (tertiary alicyclic amines) is 1. The Bertz CT molecular complexity index is 807. The van der Waals surface area contributed by atoms with E-state index >= 15 is 0 Å². The Morgan fingerprint density at radius 2 is 2.08 bits per heavy atom. The molecule has 4 rings (SSSR count). The van der Waals surface area contributed by atoms with Crippen LogP contribution < -0.4 is 15.8 Å². The third kappa shape index (κ3) is 3.45. The van der Waals surface area contributed by atoms with E-state index in [0.717, 1.165) is 37.4 Å². The van der Waals surface area contributed by atoms with Gasteiger partial charge in [-0.15, -0.1) is 0 Å². The zero-order valence-corrected chi connectivity index (χ0v) is 15.0. The number of anilines is 1. The summed E-state index contributed by atoms with van der Waals surface area (Å²) in [6, 6.07) is 16.7. The van der Waals surface area contributed by atoms with Crippen LogP contribution in [0.4, 0.5) is 5.69 Å². The van der Waals surface area contributed by atoms with Gasteiger partial charge in [0.05, 0.1) is 6.04 Å². The van der Waals surface area contributed by atoms with Gasteiger partial charge in [-0.05, 0) is 36.1 Å². The maximum absolute atomic E-state index is 11.3. The molecule has 0 saturated carbocycles. The van der Waals surface area contributed by atoms with Gasteiger partial charge >= 0.3 is 0 Å². The van der Waals surface area contributed by atoms with Crippen molar-refractivity contribution in [1.82, 2.24) is 4.90 Å². The molecule has 136 valence electrons. The second-order valence-electron chi connectivity index (χ2n) is 7.26. The average molecular weight is 351 g/mol. The topological polar surface area (TPSA) is 67.6 Å². The van der Waals surface area contributed by atoms with E-state index in [1.165, 1.54) is 18.1 Å². The Kier molecular flexibility index (Phi) is 4.66. The Hall–Kier alpha value is -2.37. The average Bonchev–Trinajstić information content (AvgIpc) is 3.19. The van der Waals surface area contributed by atoms with Gasteiger partial charge in [0.15, 0.2) is 0 Å². The van der Waals surface area contributed by atoms with E-state index < -0.39 is 0 Å². The largest absolute Gasteiger partial charge is 0.484 e. The first-order chi connectivity index (χ1) is 12.6. The summed E-state index contributed by atoms with van der Waals surface area (Å²) in [5, 5.41) is 2.82. The van der Waals surface area contributed by atoms with Crippen LogP contribution in [0.1, 0.15) is 30.6 Å². The van der Waals surface area contributed by atoms with Crippen molar-refractivity contribution < 1.29 is 9.53 Å². The first-order valence-electron chi connectivity index (χ1n) is 9.22. The van der Waals surface area contributed by atoms with Gasteiger partial charge in [-0.1, -0.05) is 30.3 Å². The number of amides is 1. The van der Waals surface area contributed by atoms with E-state index in [9.17, 15) is 4.79 Å². The predicted molar refractivity (Wildman–Crippen MR) is 102 cm³/mol. The van der Waals surface area contributed by atoms with E-state index in [1.54, 1.807) is 0 Å². The number of nitrogens with one attached hydrogen (secondary N) is 1. The number of carbonyl (C=O) groups is 1. The number of carbonyl (C=O) groups excluding carboxylic acids is 1. The highest BCUT2D eigenvalue weighted by Gasteiger charge is 2.40. The summed E-state index contributed by atoms with van der Waals surface area (Å²) in [6.07, 6.45) is 2.00. The second-order valence-corrected chi connectivity index (χ2v) is 7.26. The molecule has 3 N–H and O–H groups in total. The molecule has 1 saturated heterocycles. The van der Waals surface area contributed by atoms with Crippen LogP contribution in [-0.4, -0.2) is 36.0 Å². The molecular formula is C21H25N3O2. The van der Waals surface area contributed by atoms with Crippen LogP contribution >= 0.6 is 0 Å². The zero-order valence-electron chi connectivity index (χ0n) is 15.0. The molecule has 0 spiro atoms. The molecule has 26 heavy (non-hydrogen) atoms. The van der Waals surface area contributed by atoms with Gasteiger partial charge in [-0.2, -0.15) is 0 Å². The molecule has 1 fully saturated rings. The number of nitrogens with zero attached hydrogens (tertiary/aromatic N) is 1. The highest BCUT2D eigenvalue weighted by Crippen LogP contribution is 2.39. The second kappa shape index (κ2) is 7.09. The Morgan fingerprint density at radius 1 is 1.23 bits per heavy atom. The van der Waals surface area contributed by atoms with Crippen molar-refractivity contribution in [2.45, 2.75) is 38.0 Å². The fourth-order valence-electron chi connectivity index (χ4n) is 4.11. The highest BCUT2D eigenvalue weighted by molar-refractivity contribution is 5.88. The summed E-state index contributed by atoms with van der Waals surface area (Å²) in [5.41, 5.74) is 9.49. The highest BCUT2D eigenvalue weighted by atomic mass is 16.5. The maximum atomic E-state index is 11.3. The van der Waals surface area contributed by atoms with E-state index in [1.807, 2.05) is 24.3 Å². The first-order valence-corrected chi connectivity index (χ1v) is 9.22. The Balaban J connectivity index is 1.60. The lowest BCUT2D eigenvalue weighted by Gasteiger charge is -2.30. The number of hydrogen-bond acceptors (Lipinski definition) is 4. The van der Waals surface area contributed by atoms with Crippen molar-refractivity contribution in [3.63, 3.8) is 0 Å². The van der Waals surface area contributed by atoms with E-state index in [0.29, 0.717) is 6.04 Å². The number of ether oxygens (including phenoxy) is 1. The molecule has 0 bridgehead atoms. The van der Waals surface area contributed by atoms with Crippen LogP contribution in [0.25, 0.3) is 0 Å². The van der Waals surface area contributed by atoms with Gasteiger partial charge in [0, 0.05) is 37.8 Å². The van der Waals surface area contributed by atoms with Gasteiger partial charge in [0.1, 0.15) is 11.9 Å². The van der Waals surface area contributed by atoms with Crippen molar-refractivity contribution >= 4 is 11.6 Å². The summed E-state index contributed by atoms with van der Waals surface area (Å²) in [5.74, 6) is 0.684. The number of rotatable bonds is 4. The standard InChI is InChI=1S/C21H25N3O2/c1-14(25)23-17-6-4-7-18(12-17)26-21-19-8-3-2-5-15(19)11-20(21)24-10-9-16(22)13-24/h2-8,12,16,20-21H,9-11,13,22H2,1H3,(H,23,25)/t16?,20-,21-/m1/s1. The van der Waals surface area contributed by atoms with E-state index in [2.05, 4.69) is 34.5 Å². The Labute approximate surface area is 154 Å². The lowest BCUT2D eigenvalue weighted by atomic mass is 10.1. The smallest absolute Gasteiger partial charge is 0.221 e. The van der Waals surface area contributed by atoms with Crippen LogP contribution in [0, 0.1) is 0 Å². The molecule has 0 radical (unpaired) electrons. The minimum atomic E-state index is -0.0858. The van der Waals surface area contributed by atoms with Crippen LogP contribution in [0.3, 0.4) is 0 Å². The van der Waals surface area contributed by atoms with E-state index in [4.69, 9.17) is 10.5 Å². The minimum absolute atomic E-state index is 0.0240. The van der Waals surface area contributed by atoms with Crippen LogP contribution in [0.5, 0.6) is 5.75 Å². The summed E-state index contributed by atoms with van der Waals surface area (Å²) in [6.45, 7) is 3.45. The molecule has 1 aliphatic heterocycles. The molecule has 2 aromatic rings. The lowest BCUT2D eigenvalue weighted by molar-refractivity contribution is -0.114.